The lowest BCUT2D eigenvalue weighted by molar-refractivity contribution is -0.141. The van der Waals surface area contributed by atoms with Crippen molar-refractivity contribution in [2.45, 2.75) is 87.6 Å². The fourth-order valence-corrected chi connectivity index (χ4v) is 5.21. The fraction of sp³-hybridized carbons (Fsp3) is 0.778. The maximum absolute atomic E-state index is 10.7. The summed E-state index contributed by atoms with van der Waals surface area (Å²) < 4.78 is 28.0. The molecule has 0 saturated carbocycles. The molecule has 0 aromatic carbocycles. The molecule has 6 rings (SSSR count). The van der Waals surface area contributed by atoms with Crippen molar-refractivity contribution in [2.24, 2.45) is 5.41 Å². The number of cyclic esters (lactones) is 6. The molecule has 12 nitrogen and oxygen atoms in total. The predicted octanol–water partition coefficient (Wildman–Crippen LogP) is 5.09. The Kier molecular flexibility index (Phi) is 20.6. The van der Waals surface area contributed by atoms with Crippen LogP contribution in [0.3, 0.4) is 0 Å². The second-order valence-corrected chi connectivity index (χ2v) is 17.2. The first-order chi connectivity index (χ1) is 20.9. The van der Waals surface area contributed by atoms with Gasteiger partial charge in [0, 0.05) is 24.7 Å². The molecule has 6 heterocycles. The fourth-order valence-electron chi connectivity index (χ4n) is 3.27. The third kappa shape index (κ3) is 17.1. The zero-order valence-electron chi connectivity index (χ0n) is 24.8. The molecule has 6 fully saturated rings. The smallest absolute Gasteiger partial charge is 0.324 e. The highest BCUT2D eigenvalue weighted by Crippen LogP contribution is 2.33. The summed E-state index contributed by atoms with van der Waals surface area (Å²) in [6, 6.07) is 0. The van der Waals surface area contributed by atoms with Crippen molar-refractivity contribution in [3.05, 3.63) is 0 Å². The lowest BCUT2D eigenvalue weighted by Crippen LogP contribution is -2.23. The third-order valence-electron chi connectivity index (χ3n) is 6.10. The molecule has 18 heteroatoms. The molecule has 0 aromatic heterocycles. The third-order valence-corrected chi connectivity index (χ3v) is 11.7. The Balaban J connectivity index is 0.000000271. The molecule has 0 aliphatic carbocycles. The van der Waals surface area contributed by atoms with Crippen molar-refractivity contribution in [1.29, 1.82) is 0 Å². The molecule has 0 amide bonds. The van der Waals surface area contributed by atoms with E-state index in [2.05, 4.69) is 105 Å². The number of hydrogen-bond donors (Lipinski definition) is 0. The number of rotatable bonds is 0. The molecule has 0 bridgehead atoms. The van der Waals surface area contributed by atoms with Crippen LogP contribution < -0.4 is 0 Å². The Bertz CT molecular complexity index is 967. The molecule has 7 atom stereocenters. The Hall–Kier alpha value is -0.240. The van der Waals surface area contributed by atoms with Gasteiger partial charge in [0.25, 0.3) is 0 Å². The lowest BCUT2D eigenvalue weighted by Gasteiger charge is -2.15. The molecule has 45 heavy (non-hydrogen) atoms. The van der Waals surface area contributed by atoms with Gasteiger partial charge in [-0.05, 0) is 6.92 Å². The zero-order chi connectivity index (χ0) is 34.3. The van der Waals surface area contributed by atoms with Crippen molar-refractivity contribution < 1.29 is 57.2 Å². The van der Waals surface area contributed by atoms with Crippen molar-refractivity contribution in [1.82, 2.24) is 0 Å². The Morgan fingerprint density at radius 3 is 1.44 bits per heavy atom. The van der Waals surface area contributed by atoms with Crippen LogP contribution in [0.5, 0.6) is 0 Å². The average Bonchev–Trinajstić information content (AvgIpc) is 3.82. The minimum atomic E-state index is -0.375. The van der Waals surface area contributed by atoms with E-state index in [-0.39, 0.29) is 75.9 Å². The molecular weight excluding hydrogens is 998 g/mol. The van der Waals surface area contributed by atoms with Crippen molar-refractivity contribution in [3.8, 4) is 0 Å². The van der Waals surface area contributed by atoms with Crippen LogP contribution in [-0.4, -0.2) is 104 Å². The van der Waals surface area contributed by atoms with Gasteiger partial charge in [0.05, 0.1) is 48.9 Å². The van der Waals surface area contributed by atoms with Gasteiger partial charge in [-0.25, -0.2) is 0 Å². The number of carbonyl (C=O) groups excluding carboxylic acids is 6. The maximum atomic E-state index is 10.7. The van der Waals surface area contributed by atoms with E-state index in [0.29, 0.717) is 52.3 Å². The van der Waals surface area contributed by atoms with Crippen molar-refractivity contribution in [3.63, 3.8) is 0 Å². The van der Waals surface area contributed by atoms with E-state index in [1.165, 1.54) is 0 Å². The van der Waals surface area contributed by atoms with E-state index in [1.807, 2.05) is 20.8 Å². The standard InChI is InChI=1S/C6H9BrO2.C5H7BrO2.2C4H5BrO2.C4H5ClO2.C4H5IO2/c1-6(2)3-9-5(8)4(6)7;1-3-4(6)2-5(7)8-3;5-3-1-4(6)7-2-3;3*5-3-1-2-7-4(3)6/h4H,3H2,1-2H3;3-4H,2H2,1H3;4*3H,1-2H2. The molecule has 0 aromatic rings. The molecule has 0 radical (unpaired) electrons. The normalized spacial score (nSPS) is 32.1. The maximum Gasteiger partial charge on any atom is 0.324 e. The molecule has 6 aliphatic heterocycles. The Morgan fingerprint density at radius 2 is 1.31 bits per heavy atom. The van der Waals surface area contributed by atoms with E-state index >= 15 is 0 Å². The van der Waals surface area contributed by atoms with Crippen LogP contribution >= 0.6 is 97.9 Å². The number of alkyl halides is 6. The summed E-state index contributed by atoms with van der Waals surface area (Å²) in [7, 11) is 0. The lowest BCUT2D eigenvalue weighted by atomic mass is 9.93. The summed E-state index contributed by atoms with van der Waals surface area (Å²) >= 11 is 20.4. The van der Waals surface area contributed by atoms with Gasteiger partial charge in [-0.1, -0.05) is 100 Å². The van der Waals surface area contributed by atoms with E-state index < -0.39 is 0 Å². The Labute approximate surface area is 314 Å². The highest BCUT2D eigenvalue weighted by molar-refractivity contribution is 14.1. The van der Waals surface area contributed by atoms with Crippen LogP contribution in [0.15, 0.2) is 0 Å². The van der Waals surface area contributed by atoms with E-state index in [1.54, 1.807) is 0 Å². The second-order valence-electron chi connectivity index (χ2n) is 10.6. The van der Waals surface area contributed by atoms with Crippen molar-refractivity contribution >= 4 is 134 Å². The molecule has 6 saturated heterocycles. The predicted molar refractivity (Wildman–Crippen MR) is 186 cm³/mol. The van der Waals surface area contributed by atoms with Crippen molar-refractivity contribution in [2.75, 3.05) is 33.0 Å². The van der Waals surface area contributed by atoms with Gasteiger partial charge in [-0.2, -0.15) is 0 Å². The van der Waals surface area contributed by atoms with Gasteiger partial charge in [0.1, 0.15) is 31.7 Å². The van der Waals surface area contributed by atoms with Crippen LogP contribution in [-0.2, 0) is 57.2 Å². The first kappa shape index (κ1) is 42.8. The molecule has 0 N–H and O–H groups in total. The number of halogens is 6. The highest BCUT2D eigenvalue weighted by Gasteiger charge is 2.41. The van der Waals surface area contributed by atoms with Gasteiger partial charge >= 0.3 is 35.8 Å². The summed E-state index contributed by atoms with van der Waals surface area (Å²) in [6.45, 7) is 8.63. The van der Waals surface area contributed by atoms with Gasteiger partial charge in [-0.3, -0.25) is 28.8 Å². The first-order valence-corrected chi connectivity index (χ1v) is 19.1. The molecule has 258 valence electrons. The van der Waals surface area contributed by atoms with Gasteiger partial charge in [-0.15, -0.1) is 11.6 Å². The topological polar surface area (TPSA) is 158 Å². The summed E-state index contributed by atoms with van der Waals surface area (Å²) in [6.07, 6.45) is 3.47. The molecule has 0 spiro atoms. The van der Waals surface area contributed by atoms with Gasteiger partial charge in [0.2, 0.25) is 0 Å². The molecule has 6 aliphatic rings. The van der Waals surface area contributed by atoms with Crippen LogP contribution in [0.1, 0.15) is 52.9 Å². The minimum Gasteiger partial charge on any atom is -0.465 e. The van der Waals surface area contributed by atoms with E-state index in [9.17, 15) is 28.8 Å². The van der Waals surface area contributed by atoms with Crippen LogP contribution in [0, 0.1) is 5.41 Å². The summed E-state index contributed by atoms with van der Waals surface area (Å²) in [5.74, 6) is -0.788. The van der Waals surface area contributed by atoms with Crippen LogP contribution in [0.4, 0.5) is 0 Å². The summed E-state index contributed by atoms with van der Waals surface area (Å²) in [5.41, 5.74) is -0.0307. The second kappa shape index (κ2) is 21.7. The van der Waals surface area contributed by atoms with E-state index in [4.69, 9.17) is 21.1 Å². The van der Waals surface area contributed by atoms with E-state index in [0.717, 1.165) is 12.8 Å². The molecular formula is C27H36Br4ClIO12. The van der Waals surface area contributed by atoms with Gasteiger partial charge in [0.15, 0.2) is 0 Å². The minimum absolute atomic E-state index is 0.0307. The van der Waals surface area contributed by atoms with Crippen LogP contribution in [0.2, 0.25) is 0 Å². The zero-order valence-corrected chi connectivity index (χ0v) is 34.0. The summed E-state index contributed by atoms with van der Waals surface area (Å²) in [4.78, 5) is 62.5. The van der Waals surface area contributed by atoms with Crippen LogP contribution in [0.25, 0.3) is 0 Å². The highest BCUT2D eigenvalue weighted by atomic mass is 127. The first-order valence-electron chi connectivity index (χ1n) is 13.8. The Morgan fingerprint density at radius 1 is 0.733 bits per heavy atom. The molecule has 7 unspecified atom stereocenters. The van der Waals surface area contributed by atoms with Gasteiger partial charge < -0.3 is 28.4 Å². The number of ether oxygens (including phenoxy) is 6. The number of carbonyl (C=O) groups is 6. The number of hydrogen-bond acceptors (Lipinski definition) is 12. The average molecular weight is 1030 g/mol. The monoisotopic (exact) mass is 1030 g/mol. The SMILES string of the molecule is CC1(C)COC(=O)C1Br.CC1OC(=O)CC1Br.O=C1CC(Br)CO1.O=C1OCCC1Br.O=C1OCCC1Cl.O=C1OCCC1I. The summed E-state index contributed by atoms with van der Waals surface area (Å²) in [5, 5.41) is -0.375. The largest absolute Gasteiger partial charge is 0.465 e. The number of esters is 6. The quantitative estimate of drug-likeness (QED) is 0.137.